The van der Waals surface area contributed by atoms with Crippen LogP contribution < -0.4 is 16.8 Å². The fourth-order valence-electron chi connectivity index (χ4n) is 3.71. The summed E-state index contributed by atoms with van der Waals surface area (Å²) in [5.41, 5.74) is 11.5. The summed E-state index contributed by atoms with van der Waals surface area (Å²) in [5.74, 6) is 0.612. The molecule has 166 valence electrons. The maximum atomic E-state index is 11.8. The highest BCUT2D eigenvalue weighted by atomic mass is 35.5. The summed E-state index contributed by atoms with van der Waals surface area (Å²) in [4.78, 5) is 26.5. The van der Waals surface area contributed by atoms with Crippen LogP contribution in [0.4, 0.5) is 5.95 Å². The zero-order valence-corrected chi connectivity index (χ0v) is 17.5. The fraction of sp³-hybridized carbons (Fsp3) is 0.500. The van der Waals surface area contributed by atoms with Crippen molar-refractivity contribution in [3.8, 4) is 0 Å². The molecule has 0 saturated carbocycles. The Morgan fingerprint density at radius 2 is 2.16 bits per heavy atom. The number of morpholine rings is 1. The Morgan fingerprint density at radius 3 is 2.87 bits per heavy atom. The average molecular weight is 450 g/mol. The van der Waals surface area contributed by atoms with Gasteiger partial charge in [-0.05, 0) is 12.2 Å². The van der Waals surface area contributed by atoms with Crippen molar-refractivity contribution in [2.45, 2.75) is 24.7 Å². The van der Waals surface area contributed by atoms with Gasteiger partial charge in [0.2, 0.25) is 5.95 Å². The molecule has 2 aromatic rings. The SMILES string of the molecule is NC1=NC(N)C(CCNc2nc(Cl)cc3nc(CN4CCOCC4)cn23)([N+](=O)[O-])C=C1. The molecule has 12 nitrogen and oxygen atoms in total. The molecule has 0 radical (unpaired) electrons. The van der Waals surface area contributed by atoms with Crippen LogP contribution in [0.5, 0.6) is 0 Å². The van der Waals surface area contributed by atoms with E-state index < -0.39 is 16.6 Å². The van der Waals surface area contributed by atoms with Crippen molar-refractivity contribution in [2.24, 2.45) is 16.5 Å². The largest absolute Gasteiger partial charge is 0.384 e. The van der Waals surface area contributed by atoms with Gasteiger partial charge in [0.15, 0.2) is 6.17 Å². The van der Waals surface area contributed by atoms with Gasteiger partial charge in [0.25, 0.3) is 5.54 Å². The number of rotatable bonds is 7. The summed E-state index contributed by atoms with van der Waals surface area (Å²) in [6.45, 7) is 4.01. The molecule has 13 heteroatoms. The second-order valence-electron chi connectivity index (χ2n) is 7.51. The molecule has 1 saturated heterocycles. The van der Waals surface area contributed by atoms with E-state index in [2.05, 4.69) is 25.2 Å². The Bertz CT molecular complexity index is 1030. The number of aromatic nitrogens is 3. The first-order valence-electron chi connectivity index (χ1n) is 9.88. The Hall–Kier alpha value is -2.80. The van der Waals surface area contributed by atoms with Crippen LogP contribution in [0, 0.1) is 10.1 Å². The highest BCUT2D eigenvalue weighted by Crippen LogP contribution is 2.25. The van der Waals surface area contributed by atoms with E-state index in [1.54, 1.807) is 10.5 Å². The minimum atomic E-state index is -1.55. The molecule has 0 spiro atoms. The molecule has 2 aliphatic heterocycles. The molecule has 4 heterocycles. The lowest BCUT2D eigenvalue weighted by molar-refractivity contribution is -0.559. The van der Waals surface area contributed by atoms with Crippen LogP contribution in [0.2, 0.25) is 5.15 Å². The predicted octanol–water partition coefficient (Wildman–Crippen LogP) is 0.244. The normalized spacial score (nSPS) is 24.3. The van der Waals surface area contributed by atoms with E-state index in [1.807, 2.05) is 6.20 Å². The van der Waals surface area contributed by atoms with Crippen molar-refractivity contribution < 1.29 is 9.66 Å². The lowest BCUT2D eigenvalue weighted by Gasteiger charge is -2.28. The van der Waals surface area contributed by atoms with Crippen molar-refractivity contribution >= 4 is 29.0 Å². The second kappa shape index (κ2) is 8.75. The zero-order chi connectivity index (χ0) is 22.0. The monoisotopic (exact) mass is 449 g/mol. The number of nitrogens with one attached hydrogen (secondary N) is 1. The van der Waals surface area contributed by atoms with E-state index in [1.165, 1.54) is 12.2 Å². The Labute approximate surface area is 183 Å². The molecule has 31 heavy (non-hydrogen) atoms. The van der Waals surface area contributed by atoms with Gasteiger partial charge in [0, 0.05) is 49.8 Å². The van der Waals surface area contributed by atoms with Gasteiger partial charge < -0.3 is 21.5 Å². The van der Waals surface area contributed by atoms with Crippen LogP contribution in [0.25, 0.3) is 5.65 Å². The topological polar surface area (TPSA) is 162 Å². The maximum Gasteiger partial charge on any atom is 0.277 e. The number of nitrogens with zero attached hydrogens (tertiary/aromatic N) is 6. The summed E-state index contributed by atoms with van der Waals surface area (Å²) in [5, 5.41) is 15.2. The smallest absolute Gasteiger partial charge is 0.277 e. The number of nitro groups is 1. The predicted molar refractivity (Wildman–Crippen MR) is 116 cm³/mol. The summed E-state index contributed by atoms with van der Waals surface area (Å²) < 4.78 is 7.17. The summed E-state index contributed by atoms with van der Waals surface area (Å²) in [6.07, 6.45) is 3.71. The summed E-state index contributed by atoms with van der Waals surface area (Å²) in [6, 6.07) is 1.67. The number of dihydropyridines is 1. The molecule has 0 bridgehead atoms. The molecular weight excluding hydrogens is 426 g/mol. The molecule has 2 aromatic heterocycles. The van der Waals surface area contributed by atoms with Crippen LogP contribution in [0.3, 0.4) is 0 Å². The number of hydrogen-bond donors (Lipinski definition) is 3. The van der Waals surface area contributed by atoms with Crippen LogP contribution >= 0.6 is 11.6 Å². The maximum absolute atomic E-state index is 11.8. The molecule has 0 aromatic carbocycles. The zero-order valence-electron chi connectivity index (χ0n) is 16.8. The first-order chi connectivity index (χ1) is 14.9. The van der Waals surface area contributed by atoms with E-state index in [0.29, 0.717) is 31.4 Å². The number of imidazole rings is 1. The van der Waals surface area contributed by atoms with E-state index >= 15 is 0 Å². The third-order valence-corrected chi connectivity index (χ3v) is 5.65. The second-order valence-corrected chi connectivity index (χ2v) is 7.90. The molecular formula is C18H24ClN9O3. The number of nitrogens with two attached hydrogens (primary N) is 2. The number of halogens is 1. The van der Waals surface area contributed by atoms with Crippen LogP contribution in [-0.4, -0.2) is 74.6 Å². The number of anilines is 1. The number of amidine groups is 1. The molecule has 5 N–H and O–H groups in total. The summed E-state index contributed by atoms with van der Waals surface area (Å²) >= 11 is 6.17. The van der Waals surface area contributed by atoms with Crippen LogP contribution in [-0.2, 0) is 11.3 Å². The minimum Gasteiger partial charge on any atom is -0.384 e. The average Bonchev–Trinajstić information content (AvgIpc) is 3.12. The fourth-order valence-corrected chi connectivity index (χ4v) is 3.89. The van der Waals surface area contributed by atoms with Crippen molar-refractivity contribution in [1.29, 1.82) is 0 Å². The standard InChI is InChI=1S/C18H24ClN9O3/c19-13-9-15-23-12(10-26-5-7-31-8-6-26)11-27(15)17(24-13)22-4-3-18(28(29)30)2-1-14(20)25-16(18)21/h1-2,9,11,16H,3-8,10,21H2,(H2,20,25)(H,22,24). The Balaban J connectivity index is 1.50. The molecule has 2 unspecified atom stereocenters. The van der Waals surface area contributed by atoms with E-state index in [9.17, 15) is 10.1 Å². The van der Waals surface area contributed by atoms with Gasteiger partial charge in [-0.25, -0.2) is 15.0 Å². The van der Waals surface area contributed by atoms with E-state index in [0.717, 1.165) is 18.8 Å². The van der Waals surface area contributed by atoms with Gasteiger partial charge in [-0.15, -0.1) is 0 Å². The van der Waals surface area contributed by atoms with Crippen molar-refractivity contribution in [2.75, 3.05) is 38.2 Å². The van der Waals surface area contributed by atoms with Crippen LogP contribution in [0.1, 0.15) is 12.1 Å². The Kier molecular flexibility index (Phi) is 6.05. The highest BCUT2D eigenvalue weighted by molar-refractivity contribution is 6.29. The molecule has 4 rings (SSSR count). The number of hydrogen-bond acceptors (Lipinski definition) is 10. The first kappa shape index (κ1) is 21.4. The van der Waals surface area contributed by atoms with E-state index in [-0.39, 0.29) is 24.0 Å². The van der Waals surface area contributed by atoms with E-state index in [4.69, 9.17) is 27.8 Å². The van der Waals surface area contributed by atoms with Gasteiger partial charge in [0.05, 0.1) is 18.9 Å². The molecule has 2 aliphatic rings. The third-order valence-electron chi connectivity index (χ3n) is 5.45. The van der Waals surface area contributed by atoms with Crippen molar-refractivity contribution in [3.05, 3.63) is 45.4 Å². The molecule has 0 aliphatic carbocycles. The van der Waals surface area contributed by atoms with Gasteiger partial charge in [0.1, 0.15) is 16.6 Å². The minimum absolute atomic E-state index is 0.0828. The lowest BCUT2D eigenvalue weighted by Crippen LogP contribution is -2.54. The number of aliphatic imine (C=N–C) groups is 1. The Morgan fingerprint density at radius 1 is 1.39 bits per heavy atom. The molecule has 1 fully saturated rings. The van der Waals surface area contributed by atoms with Crippen LogP contribution in [0.15, 0.2) is 29.4 Å². The van der Waals surface area contributed by atoms with Gasteiger partial charge >= 0.3 is 0 Å². The quantitative estimate of drug-likeness (QED) is 0.305. The number of fused-ring (bicyclic) bond motifs is 1. The van der Waals surface area contributed by atoms with Gasteiger partial charge in [-0.3, -0.25) is 19.4 Å². The van der Waals surface area contributed by atoms with Gasteiger partial charge in [-0.2, -0.15) is 0 Å². The highest BCUT2D eigenvalue weighted by Gasteiger charge is 2.48. The van der Waals surface area contributed by atoms with Crippen molar-refractivity contribution in [1.82, 2.24) is 19.3 Å². The summed E-state index contributed by atoms with van der Waals surface area (Å²) in [7, 11) is 0. The van der Waals surface area contributed by atoms with Crippen molar-refractivity contribution in [3.63, 3.8) is 0 Å². The number of ether oxygens (including phenoxy) is 1. The third kappa shape index (κ3) is 4.46. The van der Waals surface area contributed by atoms with Gasteiger partial charge in [-0.1, -0.05) is 11.6 Å². The first-order valence-corrected chi connectivity index (χ1v) is 10.3. The molecule has 0 amide bonds. The lowest BCUT2D eigenvalue weighted by atomic mass is 9.90. The molecule has 2 atom stereocenters.